The second-order valence-electron chi connectivity index (χ2n) is 4.12. The van der Waals surface area contributed by atoms with Gasteiger partial charge in [0.05, 0.1) is 19.1 Å². The summed E-state index contributed by atoms with van der Waals surface area (Å²) in [5.74, 6) is -0.248. The van der Waals surface area contributed by atoms with Crippen molar-refractivity contribution in [3.8, 4) is 6.07 Å². The summed E-state index contributed by atoms with van der Waals surface area (Å²) in [5, 5.41) is 9.88. The number of carbonyl (C=O) groups is 1. The lowest BCUT2D eigenvalue weighted by atomic mass is 10.1. The highest BCUT2D eigenvalue weighted by atomic mass is 35.5. The third-order valence-electron chi connectivity index (χ3n) is 2.72. The number of hydrogen-bond donors (Lipinski definition) is 0. The molecule has 102 valence electrons. The van der Waals surface area contributed by atoms with E-state index in [0.29, 0.717) is 18.2 Å². The van der Waals surface area contributed by atoms with Crippen LogP contribution in [0.15, 0.2) is 24.3 Å². The van der Waals surface area contributed by atoms with Crippen molar-refractivity contribution in [2.45, 2.75) is 19.4 Å². The average Bonchev–Trinajstić information content (AvgIpc) is 2.40. The quantitative estimate of drug-likeness (QED) is 0.752. The van der Waals surface area contributed by atoms with Gasteiger partial charge in [0.25, 0.3) is 0 Å². The van der Waals surface area contributed by atoms with Crippen molar-refractivity contribution in [3.63, 3.8) is 0 Å². The topological polar surface area (TPSA) is 53.3 Å². The lowest BCUT2D eigenvalue weighted by molar-refractivity contribution is -0.143. The largest absolute Gasteiger partial charge is 0.466 e. The Morgan fingerprint density at radius 1 is 1.47 bits per heavy atom. The summed E-state index contributed by atoms with van der Waals surface area (Å²) in [6.07, 6.45) is 0.274. The first-order chi connectivity index (χ1) is 9.08. The van der Waals surface area contributed by atoms with Crippen molar-refractivity contribution >= 4 is 17.6 Å². The lowest BCUT2D eigenvalue weighted by Crippen LogP contribution is -2.26. The molecule has 0 radical (unpaired) electrons. The van der Waals surface area contributed by atoms with Gasteiger partial charge >= 0.3 is 5.97 Å². The Bertz CT molecular complexity index is 454. The fourth-order valence-corrected chi connectivity index (χ4v) is 1.83. The Morgan fingerprint density at radius 3 is 2.63 bits per heavy atom. The molecule has 0 heterocycles. The van der Waals surface area contributed by atoms with Crippen molar-refractivity contribution in [1.29, 1.82) is 5.26 Å². The van der Waals surface area contributed by atoms with Gasteiger partial charge in [-0.05, 0) is 31.7 Å². The second-order valence-corrected chi connectivity index (χ2v) is 4.56. The third kappa shape index (κ3) is 4.90. The number of halogens is 1. The molecule has 1 unspecified atom stereocenters. The number of nitriles is 1. The van der Waals surface area contributed by atoms with Crippen molar-refractivity contribution in [2.24, 2.45) is 0 Å². The summed E-state index contributed by atoms with van der Waals surface area (Å²) in [6, 6.07) is 8.96. The first-order valence-corrected chi connectivity index (χ1v) is 6.47. The molecule has 0 saturated heterocycles. The van der Waals surface area contributed by atoms with Crippen LogP contribution in [-0.2, 0) is 9.53 Å². The molecule has 5 heteroatoms. The Balaban J connectivity index is 2.62. The highest BCUT2D eigenvalue weighted by molar-refractivity contribution is 6.30. The molecule has 0 aliphatic rings. The van der Waals surface area contributed by atoms with Crippen LogP contribution in [0.3, 0.4) is 0 Å². The molecule has 0 aliphatic heterocycles. The third-order valence-corrected chi connectivity index (χ3v) is 2.97. The number of rotatable bonds is 6. The van der Waals surface area contributed by atoms with E-state index < -0.39 is 6.04 Å². The van der Waals surface area contributed by atoms with Crippen LogP contribution in [0, 0.1) is 11.3 Å². The van der Waals surface area contributed by atoms with Crippen LogP contribution in [0.4, 0.5) is 0 Å². The summed E-state index contributed by atoms with van der Waals surface area (Å²) in [5.41, 5.74) is 0.859. The number of nitrogens with zero attached hydrogens (tertiary/aromatic N) is 2. The summed E-state index contributed by atoms with van der Waals surface area (Å²) in [4.78, 5) is 13.1. The first-order valence-electron chi connectivity index (χ1n) is 6.09. The standard InChI is InChI=1S/C14H17ClN2O2/c1-3-19-14(18)8-9-17(2)13(10-16)11-4-6-12(15)7-5-11/h4-7,13H,3,8-9H2,1-2H3. The van der Waals surface area contributed by atoms with E-state index in [1.807, 2.05) is 24.1 Å². The maximum Gasteiger partial charge on any atom is 0.307 e. The van der Waals surface area contributed by atoms with Gasteiger partial charge in [0.1, 0.15) is 6.04 Å². The van der Waals surface area contributed by atoms with Crippen molar-refractivity contribution in [3.05, 3.63) is 34.9 Å². The normalized spacial score (nSPS) is 11.9. The summed E-state index contributed by atoms with van der Waals surface area (Å²) >= 11 is 5.82. The molecule has 1 rings (SSSR count). The number of benzene rings is 1. The zero-order valence-corrected chi connectivity index (χ0v) is 11.9. The van der Waals surface area contributed by atoms with Gasteiger partial charge in [-0.15, -0.1) is 0 Å². The van der Waals surface area contributed by atoms with Gasteiger partial charge in [-0.3, -0.25) is 9.69 Å². The lowest BCUT2D eigenvalue weighted by Gasteiger charge is -2.22. The maximum atomic E-state index is 11.3. The molecule has 4 nitrogen and oxygen atoms in total. The number of carbonyl (C=O) groups excluding carboxylic acids is 1. The Kier molecular flexibility index (Phi) is 6.34. The molecule has 1 aromatic rings. The Hall–Kier alpha value is -1.57. The highest BCUT2D eigenvalue weighted by Crippen LogP contribution is 2.20. The van der Waals surface area contributed by atoms with Crippen LogP contribution in [0.2, 0.25) is 5.02 Å². The summed E-state index contributed by atoms with van der Waals surface area (Å²) in [6.45, 7) is 2.62. The van der Waals surface area contributed by atoms with Gasteiger partial charge in [0.15, 0.2) is 0 Å². The van der Waals surface area contributed by atoms with E-state index in [-0.39, 0.29) is 12.4 Å². The van der Waals surface area contributed by atoms with Crippen molar-refractivity contribution < 1.29 is 9.53 Å². The van der Waals surface area contributed by atoms with E-state index in [1.54, 1.807) is 19.1 Å². The van der Waals surface area contributed by atoms with E-state index in [9.17, 15) is 10.1 Å². The smallest absolute Gasteiger partial charge is 0.307 e. The molecule has 19 heavy (non-hydrogen) atoms. The molecule has 0 spiro atoms. The molecule has 1 aromatic carbocycles. The predicted octanol–water partition coefficient (Wildman–Crippen LogP) is 2.79. The van der Waals surface area contributed by atoms with Crippen LogP contribution in [0.25, 0.3) is 0 Å². The van der Waals surface area contributed by atoms with E-state index >= 15 is 0 Å². The molecule has 0 aliphatic carbocycles. The van der Waals surface area contributed by atoms with Crippen LogP contribution < -0.4 is 0 Å². The Labute approximate surface area is 118 Å². The minimum absolute atomic E-state index is 0.248. The first kappa shape index (κ1) is 15.5. The summed E-state index contributed by atoms with van der Waals surface area (Å²) < 4.78 is 4.86. The van der Waals surface area contributed by atoms with Crippen LogP contribution in [0.5, 0.6) is 0 Å². The Morgan fingerprint density at radius 2 is 2.11 bits per heavy atom. The van der Waals surface area contributed by atoms with E-state index in [4.69, 9.17) is 16.3 Å². The molecule has 0 bridgehead atoms. The van der Waals surface area contributed by atoms with Crippen LogP contribution in [0.1, 0.15) is 24.9 Å². The van der Waals surface area contributed by atoms with Crippen LogP contribution in [-0.4, -0.2) is 31.1 Å². The SMILES string of the molecule is CCOC(=O)CCN(C)C(C#N)c1ccc(Cl)cc1. The highest BCUT2D eigenvalue weighted by Gasteiger charge is 2.17. The minimum Gasteiger partial charge on any atom is -0.466 e. The zero-order valence-electron chi connectivity index (χ0n) is 11.1. The van der Waals surface area contributed by atoms with Gasteiger partial charge in [-0.2, -0.15) is 5.26 Å². The number of esters is 1. The van der Waals surface area contributed by atoms with Crippen molar-refractivity contribution in [2.75, 3.05) is 20.2 Å². The molecule has 0 fully saturated rings. The van der Waals surface area contributed by atoms with Gasteiger partial charge in [0, 0.05) is 11.6 Å². The fourth-order valence-electron chi connectivity index (χ4n) is 1.70. The predicted molar refractivity (Wildman–Crippen MR) is 73.7 cm³/mol. The molecular weight excluding hydrogens is 264 g/mol. The average molecular weight is 281 g/mol. The molecule has 0 aromatic heterocycles. The van der Waals surface area contributed by atoms with Crippen molar-refractivity contribution in [1.82, 2.24) is 4.90 Å². The van der Waals surface area contributed by atoms with Gasteiger partial charge in [-0.1, -0.05) is 23.7 Å². The summed E-state index contributed by atoms with van der Waals surface area (Å²) in [7, 11) is 1.81. The fraction of sp³-hybridized carbons (Fsp3) is 0.429. The van der Waals surface area contributed by atoms with Crippen LogP contribution >= 0.6 is 11.6 Å². The molecule has 0 N–H and O–H groups in total. The van der Waals surface area contributed by atoms with Gasteiger partial charge in [0.2, 0.25) is 0 Å². The van der Waals surface area contributed by atoms with Gasteiger partial charge in [-0.25, -0.2) is 0 Å². The van der Waals surface area contributed by atoms with Gasteiger partial charge < -0.3 is 4.74 Å². The zero-order chi connectivity index (χ0) is 14.3. The molecular formula is C14H17ClN2O2. The molecule has 0 saturated carbocycles. The monoisotopic (exact) mass is 280 g/mol. The molecule has 0 amide bonds. The number of hydrogen-bond acceptors (Lipinski definition) is 4. The number of ether oxygens (including phenoxy) is 1. The second kappa shape index (κ2) is 7.78. The van der Waals surface area contributed by atoms with E-state index in [2.05, 4.69) is 6.07 Å². The minimum atomic E-state index is -0.397. The molecule has 1 atom stereocenters. The van der Waals surface area contributed by atoms with E-state index in [1.165, 1.54) is 0 Å². The van der Waals surface area contributed by atoms with E-state index in [0.717, 1.165) is 5.56 Å². The maximum absolute atomic E-state index is 11.3.